The summed E-state index contributed by atoms with van der Waals surface area (Å²) in [5, 5.41) is 7.83. The van der Waals surface area contributed by atoms with Crippen LogP contribution in [0.3, 0.4) is 0 Å². The summed E-state index contributed by atoms with van der Waals surface area (Å²) in [7, 11) is 0. The Morgan fingerprint density at radius 1 is 1.21 bits per heavy atom. The lowest BCUT2D eigenvalue weighted by molar-refractivity contribution is 1.03. The Labute approximate surface area is 86.5 Å². The molecule has 4 heteroatoms. The van der Waals surface area contributed by atoms with Gasteiger partial charge in [0, 0.05) is 11.3 Å². The van der Waals surface area contributed by atoms with E-state index in [0.29, 0.717) is 10.8 Å². The number of halogens is 1. The monoisotopic (exact) mass is 205 g/mol. The molecular weight excluding hydrogens is 198 g/mol. The highest BCUT2D eigenvalue weighted by Gasteiger charge is 2.03. The average Bonchev–Trinajstić information content (AvgIpc) is 2.18. The molecular formula is C10H8ClN3. The van der Waals surface area contributed by atoms with Gasteiger partial charge in [0.1, 0.15) is 0 Å². The first-order valence-corrected chi connectivity index (χ1v) is 4.48. The highest BCUT2D eigenvalue weighted by Crippen LogP contribution is 2.26. The normalized spacial score (nSPS) is 10.1. The minimum absolute atomic E-state index is 0.387. The number of anilines is 1. The van der Waals surface area contributed by atoms with E-state index in [0.717, 1.165) is 11.1 Å². The third-order valence-corrected chi connectivity index (χ3v) is 2.15. The van der Waals surface area contributed by atoms with Gasteiger partial charge < -0.3 is 5.73 Å². The summed E-state index contributed by atoms with van der Waals surface area (Å²) < 4.78 is 0. The molecule has 0 fully saturated rings. The Morgan fingerprint density at radius 3 is 2.79 bits per heavy atom. The number of hydrogen-bond donors (Lipinski definition) is 1. The van der Waals surface area contributed by atoms with Gasteiger partial charge in [0.15, 0.2) is 5.15 Å². The maximum absolute atomic E-state index is 5.90. The van der Waals surface area contributed by atoms with Gasteiger partial charge in [-0.1, -0.05) is 23.7 Å². The van der Waals surface area contributed by atoms with Gasteiger partial charge in [-0.2, -0.15) is 5.10 Å². The molecule has 0 aliphatic carbocycles. The topological polar surface area (TPSA) is 51.8 Å². The van der Waals surface area contributed by atoms with E-state index in [1.165, 1.54) is 0 Å². The van der Waals surface area contributed by atoms with E-state index in [-0.39, 0.29) is 0 Å². The highest BCUT2D eigenvalue weighted by atomic mass is 35.5. The Hall–Kier alpha value is -1.61. The molecule has 0 aliphatic heterocycles. The summed E-state index contributed by atoms with van der Waals surface area (Å²) in [6.45, 7) is 0. The second-order valence-electron chi connectivity index (χ2n) is 2.86. The first-order valence-electron chi connectivity index (χ1n) is 4.10. The lowest BCUT2D eigenvalue weighted by Gasteiger charge is -2.02. The summed E-state index contributed by atoms with van der Waals surface area (Å²) in [6, 6.07) is 9.29. The first-order chi connectivity index (χ1) is 6.77. The van der Waals surface area contributed by atoms with Crippen LogP contribution in [-0.2, 0) is 0 Å². The fraction of sp³-hybridized carbons (Fsp3) is 0. The second kappa shape index (κ2) is 3.64. The zero-order chi connectivity index (χ0) is 9.97. The van der Waals surface area contributed by atoms with Crippen LogP contribution in [-0.4, -0.2) is 10.2 Å². The highest BCUT2D eigenvalue weighted by molar-refractivity contribution is 6.32. The fourth-order valence-corrected chi connectivity index (χ4v) is 1.45. The quantitative estimate of drug-likeness (QED) is 0.728. The molecule has 2 aromatic rings. The van der Waals surface area contributed by atoms with Crippen molar-refractivity contribution in [3.8, 4) is 11.1 Å². The van der Waals surface area contributed by atoms with Crippen LogP contribution in [0.1, 0.15) is 0 Å². The maximum atomic E-state index is 5.90. The van der Waals surface area contributed by atoms with Gasteiger partial charge in [0.2, 0.25) is 0 Å². The van der Waals surface area contributed by atoms with E-state index in [2.05, 4.69) is 10.2 Å². The molecule has 3 nitrogen and oxygen atoms in total. The molecule has 70 valence electrons. The summed E-state index contributed by atoms with van der Waals surface area (Å²) in [5.74, 6) is 0. The van der Waals surface area contributed by atoms with Crippen molar-refractivity contribution in [2.24, 2.45) is 0 Å². The lowest BCUT2D eigenvalue weighted by atomic mass is 10.1. The third kappa shape index (κ3) is 1.67. The molecule has 0 amide bonds. The Balaban J connectivity index is 2.55. The van der Waals surface area contributed by atoms with Crippen molar-refractivity contribution in [3.63, 3.8) is 0 Å². The number of aromatic nitrogens is 2. The molecule has 2 N–H and O–H groups in total. The zero-order valence-corrected chi connectivity index (χ0v) is 8.07. The molecule has 1 aromatic carbocycles. The lowest BCUT2D eigenvalue weighted by Crippen LogP contribution is -1.88. The van der Waals surface area contributed by atoms with Crippen LogP contribution in [0.2, 0.25) is 5.15 Å². The molecule has 0 aliphatic rings. The van der Waals surface area contributed by atoms with E-state index in [1.807, 2.05) is 30.3 Å². The predicted molar refractivity (Wildman–Crippen MR) is 56.9 cm³/mol. The van der Waals surface area contributed by atoms with Crippen molar-refractivity contribution in [1.29, 1.82) is 0 Å². The summed E-state index contributed by atoms with van der Waals surface area (Å²) in [5.41, 5.74) is 8.16. The molecule has 1 aromatic heterocycles. The Kier molecular flexibility index (Phi) is 2.33. The van der Waals surface area contributed by atoms with E-state index in [4.69, 9.17) is 17.3 Å². The van der Waals surface area contributed by atoms with Crippen molar-refractivity contribution in [2.75, 3.05) is 5.73 Å². The summed E-state index contributed by atoms with van der Waals surface area (Å²) in [6.07, 6.45) is 1.60. The van der Waals surface area contributed by atoms with Crippen LogP contribution in [0.5, 0.6) is 0 Å². The second-order valence-corrected chi connectivity index (χ2v) is 3.22. The molecule has 14 heavy (non-hydrogen) atoms. The van der Waals surface area contributed by atoms with Gasteiger partial charge in [0.25, 0.3) is 0 Å². The fourth-order valence-electron chi connectivity index (χ4n) is 1.24. The van der Waals surface area contributed by atoms with E-state index in [9.17, 15) is 0 Å². The Morgan fingerprint density at radius 2 is 2.07 bits per heavy atom. The zero-order valence-electron chi connectivity index (χ0n) is 7.31. The van der Waals surface area contributed by atoms with Gasteiger partial charge in [0.05, 0.1) is 6.20 Å². The van der Waals surface area contributed by atoms with Crippen molar-refractivity contribution in [2.45, 2.75) is 0 Å². The largest absolute Gasteiger partial charge is 0.399 e. The Bertz CT molecular complexity index is 457. The standard InChI is InChI=1S/C10H8ClN3/c11-10-9(4-5-13-14-10)7-2-1-3-8(12)6-7/h1-6H,12H2. The molecule has 0 unspecified atom stereocenters. The smallest absolute Gasteiger partial charge is 0.159 e. The predicted octanol–water partition coefficient (Wildman–Crippen LogP) is 2.38. The van der Waals surface area contributed by atoms with Crippen LogP contribution in [0.15, 0.2) is 36.5 Å². The number of benzene rings is 1. The van der Waals surface area contributed by atoms with Gasteiger partial charge >= 0.3 is 0 Å². The SMILES string of the molecule is Nc1cccc(-c2ccnnc2Cl)c1. The molecule has 1 heterocycles. The van der Waals surface area contributed by atoms with Crippen LogP contribution < -0.4 is 5.73 Å². The minimum atomic E-state index is 0.387. The summed E-state index contributed by atoms with van der Waals surface area (Å²) in [4.78, 5) is 0. The number of rotatable bonds is 1. The third-order valence-electron chi connectivity index (χ3n) is 1.87. The van der Waals surface area contributed by atoms with Crippen LogP contribution >= 0.6 is 11.6 Å². The van der Waals surface area contributed by atoms with E-state index >= 15 is 0 Å². The van der Waals surface area contributed by atoms with Gasteiger partial charge in [-0.25, -0.2) is 0 Å². The first kappa shape index (κ1) is 8.97. The molecule has 0 saturated heterocycles. The van der Waals surface area contributed by atoms with Crippen LogP contribution in [0.4, 0.5) is 5.69 Å². The molecule has 0 bridgehead atoms. The van der Waals surface area contributed by atoms with E-state index < -0.39 is 0 Å². The van der Waals surface area contributed by atoms with Crippen LogP contribution in [0.25, 0.3) is 11.1 Å². The number of hydrogen-bond acceptors (Lipinski definition) is 3. The van der Waals surface area contributed by atoms with E-state index in [1.54, 1.807) is 6.20 Å². The van der Waals surface area contributed by atoms with Crippen molar-refractivity contribution in [3.05, 3.63) is 41.7 Å². The molecule has 0 spiro atoms. The minimum Gasteiger partial charge on any atom is -0.399 e. The van der Waals surface area contributed by atoms with Gasteiger partial charge in [-0.3, -0.25) is 0 Å². The van der Waals surface area contributed by atoms with Gasteiger partial charge in [-0.15, -0.1) is 5.10 Å². The van der Waals surface area contributed by atoms with Gasteiger partial charge in [-0.05, 0) is 23.8 Å². The summed E-state index contributed by atoms with van der Waals surface area (Å²) >= 11 is 5.90. The number of nitrogens with two attached hydrogens (primary N) is 1. The number of nitrogens with zero attached hydrogens (tertiary/aromatic N) is 2. The average molecular weight is 206 g/mol. The molecule has 0 radical (unpaired) electrons. The molecule has 0 saturated carbocycles. The van der Waals surface area contributed by atoms with Crippen LogP contribution in [0, 0.1) is 0 Å². The maximum Gasteiger partial charge on any atom is 0.159 e. The molecule has 0 atom stereocenters. The van der Waals surface area contributed by atoms with Crippen molar-refractivity contribution in [1.82, 2.24) is 10.2 Å². The van der Waals surface area contributed by atoms with Crippen molar-refractivity contribution >= 4 is 17.3 Å². The van der Waals surface area contributed by atoms with Crippen molar-refractivity contribution < 1.29 is 0 Å². The molecule has 2 rings (SSSR count). The number of nitrogen functional groups attached to an aromatic ring is 1.